The second-order valence-electron chi connectivity index (χ2n) is 6.15. The Bertz CT molecular complexity index is 1050. The van der Waals surface area contributed by atoms with E-state index in [1.54, 1.807) is 30.9 Å². The highest BCUT2D eigenvalue weighted by Crippen LogP contribution is 2.18. The first kappa shape index (κ1) is 20.1. The molecule has 3 aromatic rings. The van der Waals surface area contributed by atoms with Gasteiger partial charge in [0.1, 0.15) is 6.54 Å². The number of aryl methyl sites for hydroxylation is 1. The molecule has 3 rings (SSSR count). The van der Waals surface area contributed by atoms with Gasteiger partial charge in [-0.2, -0.15) is 19.0 Å². The van der Waals surface area contributed by atoms with Gasteiger partial charge in [0.15, 0.2) is 0 Å². The first-order valence-electron chi connectivity index (χ1n) is 8.60. The smallest absolute Gasteiger partial charge is 0.388 e. The van der Waals surface area contributed by atoms with Gasteiger partial charge in [-0.25, -0.2) is 9.67 Å². The summed E-state index contributed by atoms with van der Waals surface area (Å²) in [6.45, 7) is -1.45. The Labute approximate surface area is 163 Å². The SMILES string of the molecule is C[C@H](NC(=O)Cn1nc(-c2ccc(OC(F)F)nc2)ccc1=O)c1ccnn1C. The number of rotatable bonds is 7. The van der Waals surface area contributed by atoms with Crippen molar-refractivity contribution in [3.05, 3.63) is 58.8 Å². The zero-order chi connectivity index (χ0) is 21.0. The Balaban J connectivity index is 1.72. The second-order valence-corrected chi connectivity index (χ2v) is 6.15. The molecule has 0 radical (unpaired) electrons. The van der Waals surface area contributed by atoms with E-state index in [9.17, 15) is 18.4 Å². The first-order chi connectivity index (χ1) is 13.8. The molecule has 0 unspecified atom stereocenters. The number of carbonyl (C=O) groups is 1. The molecule has 0 spiro atoms. The van der Waals surface area contributed by atoms with Gasteiger partial charge >= 0.3 is 6.61 Å². The summed E-state index contributed by atoms with van der Waals surface area (Å²) >= 11 is 0. The summed E-state index contributed by atoms with van der Waals surface area (Å²) < 4.78 is 31.3. The van der Waals surface area contributed by atoms with E-state index in [-0.39, 0.29) is 18.5 Å². The number of aromatic nitrogens is 5. The van der Waals surface area contributed by atoms with Crippen LogP contribution >= 0.6 is 0 Å². The average Bonchev–Trinajstić information content (AvgIpc) is 3.10. The maximum absolute atomic E-state index is 12.3. The molecular formula is C18H18F2N6O3. The third-order valence-electron chi connectivity index (χ3n) is 4.08. The summed E-state index contributed by atoms with van der Waals surface area (Å²) in [4.78, 5) is 28.2. The van der Waals surface area contributed by atoms with Crippen LogP contribution in [0, 0.1) is 0 Å². The third kappa shape index (κ3) is 5.00. The zero-order valence-electron chi connectivity index (χ0n) is 15.6. The Morgan fingerprint density at radius 3 is 2.66 bits per heavy atom. The quantitative estimate of drug-likeness (QED) is 0.640. The molecule has 1 amide bonds. The highest BCUT2D eigenvalue weighted by atomic mass is 19.3. The number of ether oxygens (including phenoxy) is 1. The number of nitrogens with one attached hydrogen (secondary N) is 1. The predicted octanol–water partition coefficient (Wildman–Crippen LogP) is 1.52. The Kier molecular flexibility index (Phi) is 5.96. The number of hydrogen-bond acceptors (Lipinski definition) is 6. The molecule has 0 aliphatic heterocycles. The van der Waals surface area contributed by atoms with Crippen LogP contribution in [-0.4, -0.2) is 37.1 Å². The van der Waals surface area contributed by atoms with Gasteiger partial charge in [-0.3, -0.25) is 14.3 Å². The van der Waals surface area contributed by atoms with Gasteiger partial charge in [-0.15, -0.1) is 0 Å². The average molecular weight is 404 g/mol. The number of amides is 1. The van der Waals surface area contributed by atoms with Crippen molar-refractivity contribution in [1.82, 2.24) is 29.9 Å². The minimum atomic E-state index is -2.97. The Morgan fingerprint density at radius 2 is 2.03 bits per heavy atom. The van der Waals surface area contributed by atoms with E-state index >= 15 is 0 Å². The minimum Gasteiger partial charge on any atom is -0.417 e. The third-order valence-corrected chi connectivity index (χ3v) is 4.08. The number of alkyl halides is 2. The molecule has 3 heterocycles. The first-order valence-corrected chi connectivity index (χ1v) is 8.60. The molecule has 11 heteroatoms. The monoisotopic (exact) mass is 404 g/mol. The van der Waals surface area contributed by atoms with Crippen molar-refractivity contribution in [3.8, 4) is 17.1 Å². The van der Waals surface area contributed by atoms with Crippen LogP contribution in [0.2, 0.25) is 0 Å². The molecule has 1 N–H and O–H groups in total. The van der Waals surface area contributed by atoms with Crippen molar-refractivity contribution in [2.75, 3.05) is 0 Å². The van der Waals surface area contributed by atoms with E-state index in [4.69, 9.17) is 0 Å². The molecule has 152 valence electrons. The fourth-order valence-corrected chi connectivity index (χ4v) is 2.71. The summed E-state index contributed by atoms with van der Waals surface area (Å²) in [7, 11) is 1.76. The molecule has 3 aromatic heterocycles. The highest BCUT2D eigenvalue weighted by Gasteiger charge is 2.14. The van der Waals surface area contributed by atoms with Gasteiger partial charge in [0, 0.05) is 37.1 Å². The van der Waals surface area contributed by atoms with Crippen molar-refractivity contribution >= 4 is 5.91 Å². The summed E-state index contributed by atoms with van der Waals surface area (Å²) in [5, 5.41) is 11.0. The van der Waals surface area contributed by atoms with E-state index in [0.717, 1.165) is 10.4 Å². The zero-order valence-corrected chi connectivity index (χ0v) is 15.6. The lowest BCUT2D eigenvalue weighted by Gasteiger charge is -2.14. The van der Waals surface area contributed by atoms with Gasteiger partial charge < -0.3 is 10.1 Å². The van der Waals surface area contributed by atoms with Crippen LogP contribution in [0.25, 0.3) is 11.3 Å². The fraction of sp³-hybridized carbons (Fsp3) is 0.278. The lowest BCUT2D eigenvalue weighted by atomic mass is 10.2. The maximum atomic E-state index is 12.3. The van der Waals surface area contributed by atoms with Crippen molar-refractivity contribution < 1.29 is 18.3 Å². The normalized spacial score (nSPS) is 12.0. The molecule has 0 aromatic carbocycles. The van der Waals surface area contributed by atoms with Crippen LogP contribution in [0.3, 0.4) is 0 Å². The summed E-state index contributed by atoms with van der Waals surface area (Å²) in [6.07, 6.45) is 2.92. The second kappa shape index (κ2) is 8.59. The molecule has 0 aliphatic carbocycles. The van der Waals surface area contributed by atoms with E-state index < -0.39 is 18.1 Å². The largest absolute Gasteiger partial charge is 0.417 e. The number of pyridine rings is 1. The lowest BCUT2D eigenvalue weighted by Crippen LogP contribution is -2.35. The van der Waals surface area contributed by atoms with Crippen molar-refractivity contribution in [2.45, 2.75) is 26.1 Å². The molecule has 0 bridgehead atoms. The Hall–Kier alpha value is -3.63. The molecule has 1 atom stereocenters. The van der Waals surface area contributed by atoms with Crippen molar-refractivity contribution in [3.63, 3.8) is 0 Å². The molecule has 29 heavy (non-hydrogen) atoms. The topological polar surface area (TPSA) is 104 Å². The summed E-state index contributed by atoms with van der Waals surface area (Å²) in [6, 6.07) is 6.95. The number of carbonyl (C=O) groups excluding carboxylic acids is 1. The van der Waals surface area contributed by atoms with Crippen molar-refractivity contribution in [2.24, 2.45) is 7.05 Å². The van der Waals surface area contributed by atoms with Gasteiger partial charge in [0.2, 0.25) is 11.8 Å². The van der Waals surface area contributed by atoms with Gasteiger partial charge in [0.25, 0.3) is 5.56 Å². The van der Waals surface area contributed by atoms with Gasteiger partial charge in [0.05, 0.1) is 17.4 Å². The fourth-order valence-electron chi connectivity index (χ4n) is 2.71. The summed E-state index contributed by atoms with van der Waals surface area (Å²) in [5.74, 6) is -0.634. The molecule has 0 fully saturated rings. The molecular weight excluding hydrogens is 386 g/mol. The van der Waals surface area contributed by atoms with E-state index in [2.05, 4.69) is 25.2 Å². The lowest BCUT2D eigenvalue weighted by molar-refractivity contribution is -0.122. The van der Waals surface area contributed by atoms with Crippen LogP contribution in [0.15, 0.2) is 47.5 Å². The maximum Gasteiger partial charge on any atom is 0.388 e. The standard InChI is InChI=1S/C18H18F2N6O3/c1-11(14-7-8-22-25(14)2)23-15(27)10-26-17(28)6-4-13(24-26)12-3-5-16(21-9-12)29-18(19)20/h3-9,11,18H,10H2,1-2H3,(H,23,27)/t11-/m0/s1. The van der Waals surface area contributed by atoms with Crippen LogP contribution in [0.5, 0.6) is 5.88 Å². The number of nitrogens with zero attached hydrogens (tertiary/aromatic N) is 5. The van der Waals surface area contributed by atoms with Crippen LogP contribution < -0.4 is 15.6 Å². The minimum absolute atomic E-state index is 0.236. The van der Waals surface area contributed by atoms with Crippen LogP contribution in [-0.2, 0) is 18.4 Å². The van der Waals surface area contributed by atoms with E-state index in [1.165, 1.54) is 30.5 Å². The van der Waals surface area contributed by atoms with E-state index in [0.29, 0.717) is 11.3 Å². The van der Waals surface area contributed by atoms with E-state index in [1.807, 2.05) is 0 Å². The predicted molar refractivity (Wildman–Crippen MR) is 98.1 cm³/mol. The molecule has 0 saturated heterocycles. The van der Waals surface area contributed by atoms with Gasteiger partial charge in [-0.05, 0) is 25.1 Å². The molecule has 0 saturated carbocycles. The van der Waals surface area contributed by atoms with Crippen molar-refractivity contribution in [1.29, 1.82) is 0 Å². The van der Waals surface area contributed by atoms with Crippen LogP contribution in [0.4, 0.5) is 8.78 Å². The van der Waals surface area contributed by atoms with Gasteiger partial charge in [-0.1, -0.05) is 0 Å². The Morgan fingerprint density at radius 1 is 1.24 bits per heavy atom. The highest BCUT2D eigenvalue weighted by molar-refractivity contribution is 5.76. The van der Waals surface area contributed by atoms with Crippen LogP contribution in [0.1, 0.15) is 18.7 Å². The summed E-state index contributed by atoms with van der Waals surface area (Å²) in [5.41, 5.74) is 1.18. The molecule has 0 aliphatic rings. The number of halogens is 2. The molecule has 9 nitrogen and oxygen atoms in total. The number of hydrogen-bond donors (Lipinski definition) is 1.